The molecular weight excluding hydrogens is 335 g/mol. The number of rotatable bonds is 2. The molecule has 2 aliphatic heterocycles. The van der Waals surface area contributed by atoms with Gasteiger partial charge in [0.05, 0.1) is 25.0 Å². The quantitative estimate of drug-likeness (QED) is 0.827. The molecule has 1 amide bonds. The van der Waals surface area contributed by atoms with E-state index in [-0.39, 0.29) is 17.8 Å². The van der Waals surface area contributed by atoms with Crippen molar-refractivity contribution >= 4 is 11.6 Å². The van der Waals surface area contributed by atoms with Gasteiger partial charge in [0.2, 0.25) is 5.91 Å². The van der Waals surface area contributed by atoms with Gasteiger partial charge in [-0.15, -0.1) is 0 Å². The van der Waals surface area contributed by atoms with E-state index in [1.54, 1.807) is 12.1 Å². The zero-order chi connectivity index (χ0) is 18.1. The largest absolute Gasteiger partial charge is 0.490 e. The molecule has 26 heavy (non-hydrogen) atoms. The summed E-state index contributed by atoms with van der Waals surface area (Å²) in [6.45, 7) is 2.73. The van der Waals surface area contributed by atoms with Crippen LogP contribution in [0.25, 0.3) is 0 Å². The molecule has 2 aromatic carbocycles. The molecule has 1 atom stereocenters. The van der Waals surface area contributed by atoms with Gasteiger partial charge in [-0.3, -0.25) is 4.79 Å². The minimum Gasteiger partial charge on any atom is -0.490 e. The normalized spacial score (nSPS) is 19.1. The highest BCUT2D eigenvalue weighted by molar-refractivity contribution is 6.03. The molecule has 0 spiro atoms. The lowest BCUT2D eigenvalue weighted by atomic mass is 9.98. The summed E-state index contributed by atoms with van der Waals surface area (Å²) in [6.07, 6.45) is 1.40. The average Bonchev–Trinajstić information content (AvgIpc) is 2.95. The van der Waals surface area contributed by atoms with Crippen molar-refractivity contribution in [3.63, 3.8) is 0 Å². The Morgan fingerprint density at radius 2 is 1.85 bits per heavy atom. The van der Waals surface area contributed by atoms with Gasteiger partial charge in [0, 0.05) is 19.8 Å². The number of benzene rings is 2. The van der Waals surface area contributed by atoms with E-state index in [1.165, 1.54) is 24.1 Å². The number of hydrogen-bond donors (Lipinski definition) is 0. The fraction of sp³-hybridized carbons (Fsp3) is 0.300. The molecule has 0 saturated heterocycles. The van der Waals surface area contributed by atoms with Crippen LogP contribution in [0.4, 0.5) is 4.39 Å². The Hall–Kier alpha value is -2.89. The second-order valence-corrected chi connectivity index (χ2v) is 6.39. The summed E-state index contributed by atoms with van der Waals surface area (Å²) < 4.78 is 24.6. The van der Waals surface area contributed by atoms with Gasteiger partial charge in [-0.05, 0) is 35.4 Å². The minimum absolute atomic E-state index is 0.140. The van der Waals surface area contributed by atoms with Crippen LogP contribution in [0.5, 0.6) is 11.5 Å². The monoisotopic (exact) mass is 354 g/mol. The maximum Gasteiger partial charge on any atom is 0.240 e. The molecule has 2 aromatic rings. The number of fused-ring (bicyclic) bond motifs is 1. The van der Waals surface area contributed by atoms with Crippen LogP contribution in [0, 0.1) is 5.82 Å². The van der Waals surface area contributed by atoms with E-state index < -0.39 is 0 Å². The maximum atomic E-state index is 13.2. The highest BCUT2D eigenvalue weighted by atomic mass is 19.1. The van der Waals surface area contributed by atoms with Gasteiger partial charge in [-0.2, -0.15) is 5.10 Å². The first kappa shape index (κ1) is 16.6. The first-order valence-corrected chi connectivity index (χ1v) is 8.64. The van der Waals surface area contributed by atoms with Crippen molar-refractivity contribution in [3.8, 4) is 11.5 Å². The Morgan fingerprint density at radius 1 is 1.12 bits per heavy atom. The Labute approximate surface area is 151 Å². The predicted molar refractivity (Wildman–Crippen MR) is 94.9 cm³/mol. The average molecular weight is 354 g/mol. The molecule has 0 aromatic heterocycles. The van der Waals surface area contributed by atoms with E-state index in [9.17, 15) is 9.18 Å². The molecule has 2 heterocycles. The second-order valence-electron chi connectivity index (χ2n) is 6.39. The number of amides is 1. The molecule has 0 radical (unpaired) electrons. The Morgan fingerprint density at radius 3 is 2.58 bits per heavy atom. The van der Waals surface area contributed by atoms with Crippen LogP contribution in [-0.2, 0) is 4.79 Å². The lowest BCUT2D eigenvalue weighted by Crippen LogP contribution is -2.24. The number of hydrazone groups is 1. The topological polar surface area (TPSA) is 51.1 Å². The van der Waals surface area contributed by atoms with Gasteiger partial charge in [-0.25, -0.2) is 9.40 Å². The van der Waals surface area contributed by atoms with Crippen molar-refractivity contribution in [1.29, 1.82) is 0 Å². The number of ether oxygens (including phenoxy) is 2. The van der Waals surface area contributed by atoms with E-state index in [2.05, 4.69) is 5.10 Å². The van der Waals surface area contributed by atoms with Crippen LogP contribution in [0.2, 0.25) is 0 Å². The Kier molecular flexibility index (Phi) is 4.32. The van der Waals surface area contributed by atoms with E-state index in [4.69, 9.17) is 9.47 Å². The third kappa shape index (κ3) is 3.14. The molecule has 0 N–H and O–H groups in total. The summed E-state index contributed by atoms with van der Waals surface area (Å²) in [5, 5.41) is 5.97. The summed E-state index contributed by atoms with van der Waals surface area (Å²) in [4.78, 5) is 12.1. The fourth-order valence-electron chi connectivity index (χ4n) is 3.26. The standard InChI is InChI=1S/C20H19FN2O3/c1-13(24)23-18(12-17(22-23)14-3-6-16(21)7-4-14)15-5-8-19-20(11-15)26-10-2-9-25-19/h3-8,11,18H,2,9-10,12H2,1H3. The number of nitrogens with zero attached hydrogens (tertiary/aromatic N) is 2. The van der Waals surface area contributed by atoms with E-state index in [0.29, 0.717) is 25.4 Å². The Bertz CT molecular complexity index is 864. The molecule has 134 valence electrons. The van der Waals surface area contributed by atoms with E-state index in [0.717, 1.165) is 29.0 Å². The molecule has 0 fully saturated rings. The molecule has 0 aliphatic carbocycles. The van der Waals surface area contributed by atoms with Crippen molar-refractivity contribution in [1.82, 2.24) is 5.01 Å². The van der Waals surface area contributed by atoms with Crippen LogP contribution in [-0.4, -0.2) is 29.8 Å². The maximum absolute atomic E-state index is 13.2. The molecule has 4 rings (SSSR count). The summed E-state index contributed by atoms with van der Waals surface area (Å²) in [5.41, 5.74) is 2.51. The molecule has 1 unspecified atom stereocenters. The highest BCUT2D eigenvalue weighted by Crippen LogP contribution is 2.38. The number of halogens is 1. The summed E-state index contributed by atoms with van der Waals surface area (Å²) in [5.74, 6) is 0.978. The van der Waals surface area contributed by atoms with Gasteiger partial charge >= 0.3 is 0 Å². The van der Waals surface area contributed by atoms with Crippen LogP contribution in [0.1, 0.15) is 36.9 Å². The summed E-state index contributed by atoms with van der Waals surface area (Å²) in [6, 6.07) is 11.7. The van der Waals surface area contributed by atoms with Gasteiger partial charge in [0.1, 0.15) is 5.82 Å². The first-order valence-electron chi connectivity index (χ1n) is 8.64. The first-order chi connectivity index (χ1) is 12.6. The number of hydrogen-bond acceptors (Lipinski definition) is 4. The summed E-state index contributed by atoms with van der Waals surface area (Å²) >= 11 is 0. The van der Waals surface area contributed by atoms with E-state index in [1.807, 2.05) is 18.2 Å². The molecule has 0 saturated carbocycles. The van der Waals surface area contributed by atoms with Crippen molar-refractivity contribution in [2.75, 3.05) is 13.2 Å². The lowest BCUT2D eigenvalue weighted by Gasteiger charge is -2.21. The van der Waals surface area contributed by atoms with Crippen LogP contribution in [0.3, 0.4) is 0 Å². The minimum atomic E-state index is -0.296. The predicted octanol–water partition coefficient (Wildman–Crippen LogP) is 3.68. The van der Waals surface area contributed by atoms with Crippen LogP contribution < -0.4 is 9.47 Å². The van der Waals surface area contributed by atoms with Crippen LogP contribution >= 0.6 is 0 Å². The SMILES string of the molecule is CC(=O)N1N=C(c2ccc(F)cc2)CC1c1ccc2c(c1)OCCCO2. The molecule has 5 nitrogen and oxygen atoms in total. The van der Waals surface area contributed by atoms with Crippen LogP contribution in [0.15, 0.2) is 47.6 Å². The van der Waals surface area contributed by atoms with Gasteiger partial charge < -0.3 is 9.47 Å². The van der Waals surface area contributed by atoms with Crippen molar-refractivity contribution in [2.24, 2.45) is 5.10 Å². The number of carbonyl (C=O) groups excluding carboxylic acids is 1. The molecule has 0 bridgehead atoms. The van der Waals surface area contributed by atoms with Crippen molar-refractivity contribution in [3.05, 3.63) is 59.4 Å². The molecular formula is C20H19FN2O3. The zero-order valence-corrected chi connectivity index (χ0v) is 14.4. The fourth-order valence-corrected chi connectivity index (χ4v) is 3.26. The van der Waals surface area contributed by atoms with E-state index >= 15 is 0 Å². The van der Waals surface area contributed by atoms with Crippen molar-refractivity contribution in [2.45, 2.75) is 25.8 Å². The highest BCUT2D eigenvalue weighted by Gasteiger charge is 2.32. The second kappa shape index (κ2) is 6.78. The zero-order valence-electron chi connectivity index (χ0n) is 14.4. The third-order valence-corrected chi connectivity index (χ3v) is 4.57. The molecule has 2 aliphatic rings. The van der Waals surface area contributed by atoms with Gasteiger partial charge in [0.15, 0.2) is 11.5 Å². The molecule has 6 heteroatoms. The smallest absolute Gasteiger partial charge is 0.240 e. The van der Waals surface area contributed by atoms with Gasteiger partial charge in [-0.1, -0.05) is 18.2 Å². The Balaban J connectivity index is 1.65. The van der Waals surface area contributed by atoms with Gasteiger partial charge in [0.25, 0.3) is 0 Å². The third-order valence-electron chi connectivity index (χ3n) is 4.57. The summed E-state index contributed by atoms with van der Waals surface area (Å²) in [7, 11) is 0. The lowest BCUT2D eigenvalue weighted by molar-refractivity contribution is -0.130. The van der Waals surface area contributed by atoms with Crippen molar-refractivity contribution < 1.29 is 18.7 Å². The number of carbonyl (C=O) groups is 1.